The standard InChI is InChI=1S/C20H23N3.2ClH/c1-3-9-17(10-4-1)20-21-18-11-5-6-12-19(18)23(20)16-15-22-13-7-2-8-14-22;;/h1,3-6,9-12H,2,7-8,13-16H2;2*1H. The Hall–Kier alpha value is -1.55. The number of nitrogens with zero attached hydrogens (tertiary/aromatic N) is 3. The third-order valence-electron chi connectivity index (χ3n) is 4.78. The number of halogens is 2. The molecule has 0 bridgehead atoms. The van der Waals surface area contributed by atoms with Crippen LogP contribution < -0.4 is 0 Å². The van der Waals surface area contributed by atoms with Crippen LogP contribution in [-0.4, -0.2) is 34.1 Å². The van der Waals surface area contributed by atoms with Crippen molar-refractivity contribution in [1.82, 2.24) is 14.5 Å². The lowest BCUT2D eigenvalue weighted by atomic mass is 10.1. The highest BCUT2D eigenvalue weighted by Gasteiger charge is 2.14. The summed E-state index contributed by atoms with van der Waals surface area (Å²) in [6, 6.07) is 19.0. The van der Waals surface area contributed by atoms with E-state index in [0.717, 1.165) is 24.4 Å². The van der Waals surface area contributed by atoms with Crippen LogP contribution >= 0.6 is 24.8 Å². The molecule has 4 rings (SSSR count). The molecule has 1 fully saturated rings. The van der Waals surface area contributed by atoms with Gasteiger partial charge in [0.05, 0.1) is 11.0 Å². The molecule has 0 radical (unpaired) electrons. The summed E-state index contributed by atoms with van der Waals surface area (Å²) in [7, 11) is 0. The second kappa shape index (κ2) is 9.23. The fourth-order valence-electron chi connectivity index (χ4n) is 3.53. The van der Waals surface area contributed by atoms with Crippen molar-refractivity contribution in [3.8, 4) is 11.4 Å². The summed E-state index contributed by atoms with van der Waals surface area (Å²) in [6.07, 6.45) is 4.08. The molecule has 5 heteroatoms. The van der Waals surface area contributed by atoms with E-state index in [9.17, 15) is 0 Å². The van der Waals surface area contributed by atoms with E-state index in [0.29, 0.717) is 0 Å². The first-order valence-electron chi connectivity index (χ1n) is 8.65. The number of rotatable bonds is 4. The predicted molar refractivity (Wildman–Crippen MR) is 110 cm³/mol. The lowest BCUT2D eigenvalue weighted by Gasteiger charge is -2.26. The molecule has 3 nitrogen and oxygen atoms in total. The molecule has 0 aliphatic carbocycles. The van der Waals surface area contributed by atoms with Crippen molar-refractivity contribution in [2.24, 2.45) is 0 Å². The zero-order valence-corrected chi connectivity index (χ0v) is 15.9. The van der Waals surface area contributed by atoms with Gasteiger partial charge in [0.1, 0.15) is 5.82 Å². The van der Waals surface area contributed by atoms with E-state index >= 15 is 0 Å². The Morgan fingerprint density at radius 1 is 0.760 bits per heavy atom. The van der Waals surface area contributed by atoms with Gasteiger partial charge in [-0.1, -0.05) is 48.9 Å². The van der Waals surface area contributed by atoms with E-state index in [2.05, 4.69) is 64.1 Å². The number of likely N-dealkylation sites (tertiary alicyclic amines) is 1. The Kier molecular flexibility index (Phi) is 7.30. The molecule has 1 aliphatic rings. The summed E-state index contributed by atoms with van der Waals surface area (Å²) in [6.45, 7) is 4.60. The van der Waals surface area contributed by atoms with Crippen LogP contribution in [0.1, 0.15) is 19.3 Å². The average Bonchev–Trinajstić information content (AvgIpc) is 3.00. The molecular weight excluding hydrogens is 353 g/mol. The molecule has 2 aromatic carbocycles. The molecular formula is C20H25Cl2N3. The number of hydrogen-bond acceptors (Lipinski definition) is 2. The smallest absolute Gasteiger partial charge is 0.141 e. The molecule has 134 valence electrons. The maximum Gasteiger partial charge on any atom is 0.141 e. The molecule has 0 saturated carbocycles. The van der Waals surface area contributed by atoms with Gasteiger partial charge in [-0.25, -0.2) is 4.98 Å². The molecule has 0 amide bonds. The van der Waals surface area contributed by atoms with E-state index in [1.54, 1.807) is 0 Å². The van der Waals surface area contributed by atoms with Crippen molar-refractivity contribution in [2.45, 2.75) is 25.8 Å². The second-order valence-electron chi connectivity index (χ2n) is 6.34. The summed E-state index contributed by atoms with van der Waals surface area (Å²) in [4.78, 5) is 7.48. The molecule has 2 heterocycles. The number of fused-ring (bicyclic) bond motifs is 1. The first-order valence-corrected chi connectivity index (χ1v) is 8.65. The number of piperidine rings is 1. The van der Waals surface area contributed by atoms with Crippen LogP contribution in [0.4, 0.5) is 0 Å². The van der Waals surface area contributed by atoms with Crippen molar-refractivity contribution in [3.63, 3.8) is 0 Å². The van der Waals surface area contributed by atoms with E-state index in [4.69, 9.17) is 4.98 Å². The molecule has 0 N–H and O–H groups in total. The molecule has 0 atom stereocenters. The van der Waals surface area contributed by atoms with Crippen LogP contribution in [0.5, 0.6) is 0 Å². The van der Waals surface area contributed by atoms with E-state index < -0.39 is 0 Å². The van der Waals surface area contributed by atoms with Crippen molar-refractivity contribution in [1.29, 1.82) is 0 Å². The average molecular weight is 378 g/mol. The molecule has 0 spiro atoms. The topological polar surface area (TPSA) is 21.1 Å². The largest absolute Gasteiger partial charge is 0.323 e. The van der Waals surface area contributed by atoms with Gasteiger partial charge in [-0.2, -0.15) is 0 Å². The lowest BCUT2D eigenvalue weighted by molar-refractivity contribution is 0.222. The highest BCUT2D eigenvalue weighted by molar-refractivity contribution is 5.85. The lowest BCUT2D eigenvalue weighted by Crippen LogP contribution is -2.32. The number of hydrogen-bond donors (Lipinski definition) is 0. The Morgan fingerprint density at radius 3 is 2.20 bits per heavy atom. The van der Waals surface area contributed by atoms with Gasteiger partial charge in [-0.3, -0.25) is 0 Å². The Labute approximate surface area is 161 Å². The Morgan fingerprint density at radius 2 is 1.44 bits per heavy atom. The minimum absolute atomic E-state index is 0. The summed E-state index contributed by atoms with van der Waals surface area (Å²) < 4.78 is 2.39. The Balaban J connectivity index is 0.00000113. The van der Waals surface area contributed by atoms with Crippen molar-refractivity contribution >= 4 is 35.8 Å². The fourth-order valence-corrected chi connectivity index (χ4v) is 3.53. The molecule has 3 aromatic rings. The highest BCUT2D eigenvalue weighted by atomic mass is 35.5. The van der Waals surface area contributed by atoms with Crippen LogP contribution in [0, 0.1) is 0 Å². The van der Waals surface area contributed by atoms with Crippen LogP contribution in [-0.2, 0) is 6.54 Å². The van der Waals surface area contributed by atoms with E-state index in [1.165, 1.54) is 43.4 Å². The zero-order chi connectivity index (χ0) is 15.5. The minimum atomic E-state index is 0. The first kappa shape index (κ1) is 19.8. The van der Waals surface area contributed by atoms with Gasteiger partial charge in [0, 0.05) is 18.7 Å². The van der Waals surface area contributed by atoms with Gasteiger partial charge in [0.2, 0.25) is 0 Å². The third-order valence-corrected chi connectivity index (χ3v) is 4.78. The zero-order valence-electron chi connectivity index (χ0n) is 14.3. The maximum atomic E-state index is 4.89. The molecule has 25 heavy (non-hydrogen) atoms. The van der Waals surface area contributed by atoms with Gasteiger partial charge in [-0.05, 0) is 38.1 Å². The minimum Gasteiger partial charge on any atom is -0.323 e. The fraction of sp³-hybridized carbons (Fsp3) is 0.350. The van der Waals surface area contributed by atoms with E-state index in [1.807, 2.05) is 0 Å². The number of imidazole rings is 1. The Bertz CT molecular complexity index is 780. The summed E-state index contributed by atoms with van der Waals surface area (Å²) in [5, 5.41) is 0. The van der Waals surface area contributed by atoms with Crippen molar-refractivity contribution in [2.75, 3.05) is 19.6 Å². The van der Waals surface area contributed by atoms with Gasteiger partial charge in [0.25, 0.3) is 0 Å². The molecule has 1 saturated heterocycles. The number of para-hydroxylation sites is 2. The SMILES string of the molecule is Cl.Cl.c1ccc(-c2nc3ccccc3n2CCN2CCCCC2)cc1. The maximum absolute atomic E-state index is 4.89. The summed E-state index contributed by atoms with van der Waals surface area (Å²) in [5.41, 5.74) is 3.52. The molecule has 1 aromatic heterocycles. The second-order valence-corrected chi connectivity index (χ2v) is 6.34. The van der Waals surface area contributed by atoms with Crippen molar-refractivity contribution < 1.29 is 0 Å². The van der Waals surface area contributed by atoms with Crippen LogP contribution in [0.15, 0.2) is 54.6 Å². The normalized spacial score (nSPS) is 14.7. The summed E-state index contributed by atoms with van der Waals surface area (Å²) >= 11 is 0. The van der Waals surface area contributed by atoms with Gasteiger partial charge >= 0.3 is 0 Å². The highest BCUT2D eigenvalue weighted by Crippen LogP contribution is 2.24. The van der Waals surface area contributed by atoms with Crippen LogP contribution in [0.25, 0.3) is 22.4 Å². The van der Waals surface area contributed by atoms with Crippen LogP contribution in [0.3, 0.4) is 0 Å². The monoisotopic (exact) mass is 377 g/mol. The van der Waals surface area contributed by atoms with Crippen molar-refractivity contribution in [3.05, 3.63) is 54.6 Å². The van der Waals surface area contributed by atoms with E-state index in [-0.39, 0.29) is 24.8 Å². The predicted octanol–water partition coefficient (Wildman–Crippen LogP) is 5.03. The number of aromatic nitrogens is 2. The van der Waals surface area contributed by atoms with Gasteiger partial charge in [0.15, 0.2) is 0 Å². The van der Waals surface area contributed by atoms with Gasteiger partial charge < -0.3 is 9.47 Å². The molecule has 0 unspecified atom stereocenters. The quantitative estimate of drug-likeness (QED) is 0.635. The third kappa shape index (κ3) is 4.35. The summed E-state index contributed by atoms with van der Waals surface area (Å²) in [5.74, 6) is 1.09. The first-order chi connectivity index (χ1) is 11.4. The van der Waals surface area contributed by atoms with Gasteiger partial charge in [-0.15, -0.1) is 24.8 Å². The number of benzene rings is 2. The van der Waals surface area contributed by atoms with Crippen LogP contribution in [0.2, 0.25) is 0 Å². The molecule has 1 aliphatic heterocycles.